The van der Waals surface area contributed by atoms with Crippen molar-refractivity contribution in [3.8, 4) is 55.8 Å². The van der Waals surface area contributed by atoms with Crippen LogP contribution < -0.4 is 0 Å². The van der Waals surface area contributed by atoms with E-state index >= 15 is 0 Å². The van der Waals surface area contributed by atoms with E-state index in [1.807, 2.05) is 12.3 Å². The number of rotatable bonds is 3. The van der Waals surface area contributed by atoms with Crippen molar-refractivity contribution in [3.63, 3.8) is 0 Å². The van der Waals surface area contributed by atoms with Crippen molar-refractivity contribution in [2.45, 2.75) is 0 Å². The van der Waals surface area contributed by atoms with Gasteiger partial charge >= 0.3 is 0 Å². The van der Waals surface area contributed by atoms with Crippen molar-refractivity contribution in [1.29, 1.82) is 0 Å². The summed E-state index contributed by atoms with van der Waals surface area (Å²) in [6, 6.07) is 43.4. The number of nitrogens with zero attached hydrogens (tertiary/aromatic N) is 1. The highest BCUT2D eigenvalue weighted by molar-refractivity contribution is 6.16. The maximum atomic E-state index is 4.78. The van der Waals surface area contributed by atoms with E-state index in [4.69, 9.17) is 4.98 Å². The van der Waals surface area contributed by atoms with Gasteiger partial charge in [-0.2, -0.15) is 0 Å². The highest BCUT2D eigenvalue weighted by Gasteiger charge is 2.21. The van der Waals surface area contributed by atoms with Crippen LogP contribution in [-0.4, -0.2) is 4.98 Å². The van der Waals surface area contributed by atoms with E-state index in [-0.39, 0.29) is 0 Å². The topological polar surface area (TPSA) is 12.9 Å². The summed E-state index contributed by atoms with van der Waals surface area (Å²) in [4.78, 5) is 4.78. The summed E-state index contributed by atoms with van der Waals surface area (Å²) in [6.07, 6.45) is 1.96. The van der Waals surface area contributed by atoms with Crippen LogP contribution in [0.25, 0.3) is 66.5 Å². The second-order valence-corrected chi connectivity index (χ2v) is 8.85. The fraction of sp³-hybridized carbons (Fsp3) is 0. The number of benzene rings is 5. The van der Waals surface area contributed by atoms with Gasteiger partial charge in [-0.3, -0.25) is 4.98 Å². The predicted octanol–water partition coefficient (Wildman–Crippen LogP) is 8.88. The minimum absolute atomic E-state index is 0.986. The molecule has 0 bridgehead atoms. The van der Waals surface area contributed by atoms with Crippen molar-refractivity contribution in [3.05, 3.63) is 128 Å². The number of pyridine rings is 1. The standard InChI is InChI=1S/C33H21N/c1-2-8-22(9-3-1)26-16-17-32(34-21-26)24-11-6-10-23(18-24)27-19-25-12-7-15-30-28-13-4-5-14-29(28)31(20-27)33(25)30/h1-21H. The molecule has 0 aliphatic heterocycles. The fourth-order valence-electron chi connectivity index (χ4n) is 5.21. The van der Waals surface area contributed by atoms with Crippen LogP contribution in [0.15, 0.2) is 128 Å². The molecule has 1 heteroatoms. The Kier molecular flexibility index (Phi) is 4.22. The number of hydrogen-bond donors (Lipinski definition) is 0. The third-order valence-electron chi connectivity index (χ3n) is 6.85. The van der Waals surface area contributed by atoms with Crippen LogP contribution in [-0.2, 0) is 0 Å². The second kappa shape index (κ2) is 7.54. The van der Waals surface area contributed by atoms with E-state index < -0.39 is 0 Å². The number of hydrogen-bond acceptors (Lipinski definition) is 1. The van der Waals surface area contributed by atoms with E-state index in [1.165, 1.54) is 49.7 Å². The first-order valence-corrected chi connectivity index (χ1v) is 11.6. The Bertz CT molecular complexity index is 1680. The van der Waals surface area contributed by atoms with Crippen LogP contribution in [0.3, 0.4) is 0 Å². The smallest absolute Gasteiger partial charge is 0.0702 e. The molecule has 1 heterocycles. The lowest BCUT2D eigenvalue weighted by Crippen LogP contribution is -1.87. The molecule has 0 saturated heterocycles. The lowest BCUT2D eigenvalue weighted by Gasteiger charge is -2.10. The van der Waals surface area contributed by atoms with Gasteiger partial charge in [0.2, 0.25) is 0 Å². The maximum Gasteiger partial charge on any atom is 0.0702 e. The minimum atomic E-state index is 0.986. The molecule has 0 amide bonds. The molecule has 158 valence electrons. The van der Waals surface area contributed by atoms with E-state index in [0.29, 0.717) is 0 Å². The molecule has 5 aromatic carbocycles. The van der Waals surface area contributed by atoms with Gasteiger partial charge in [0.05, 0.1) is 5.69 Å². The first kappa shape index (κ1) is 19.0. The normalized spacial score (nSPS) is 11.5. The van der Waals surface area contributed by atoms with Crippen molar-refractivity contribution in [2.75, 3.05) is 0 Å². The summed E-state index contributed by atoms with van der Waals surface area (Å²) in [5, 5.41) is 2.65. The van der Waals surface area contributed by atoms with E-state index in [0.717, 1.165) is 16.8 Å². The average molecular weight is 432 g/mol. The van der Waals surface area contributed by atoms with E-state index in [2.05, 4.69) is 115 Å². The van der Waals surface area contributed by atoms with Crippen LogP contribution in [0.5, 0.6) is 0 Å². The Morgan fingerprint density at radius 1 is 0.382 bits per heavy atom. The lowest BCUT2D eigenvalue weighted by atomic mass is 9.95. The zero-order valence-corrected chi connectivity index (χ0v) is 18.6. The molecule has 0 N–H and O–H groups in total. The van der Waals surface area contributed by atoms with Crippen LogP contribution in [0.2, 0.25) is 0 Å². The molecular formula is C33H21N. The van der Waals surface area contributed by atoms with Crippen LogP contribution >= 0.6 is 0 Å². The van der Waals surface area contributed by atoms with Gasteiger partial charge in [-0.1, -0.05) is 97.1 Å². The van der Waals surface area contributed by atoms with E-state index in [9.17, 15) is 0 Å². The van der Waals surface area contributed by atoms with Gasteiger partial charge < -0.3 is 0 Å². The second-order valence-electron chi connectivity index (χ2n) is 8.85. The SMILES string of the molecule is c1ccc(-c2ccc(-c3cccc(-c4cc5c6c(cccc6c4)-c4ccccc4-5)c3)nc2)cc1. The molecule has 0 atom stereocenters. The van der Waals surface area contributed by atoms with E-state index in [1.54, 1.807) is 0 Å². The van der Waals surface area contributed by atoms with Crippen molar-refractivity contribution in [1.82, 2.24) is 4.98 Å². The molecule has 0 radical (unpaired) electrons. The highest BCUT2D eigenvalue weighted by atomic mass is 14.7. The van der Waals surface area contributed by atoms with Crippen LogP contribution in [0.1, 0.15) is 0 Å². The summed E-state index contributed by atoms with van der Waals surface area (Å²) >= 11 is 0. The molecule has 0 unspecified atom stereocenters. The third kappa shape index (κ3) is 2.98. The molecule has 1 nitrogen and oxygen atoms in total. The fourth-order valence-corrected chi connectivity index (χ4v) is 5.21. The molecule has 34 heavy (non-hydrogen) atoms. The molecule has 7 rings (SSSR count). The largest absolute Gasteiger partial charge is 0.256 e. The van der Waals surface area contributed by atoms with Crippen molar-refractivity contribution >= 4 is 10.8 Å². The van der Waals surface area contributed by atoms with Gasteiger partial charge in [0.1, 0.15) is 0 Å². The summed E-state index contributed by atoms with van der Waals surface area (Å²) in [6.45, 7) is 0. The van der Waals surface area contributed by atoms with Gasteiger partial charge in [0, 0.05) is 17.3 Å². The maximum absolute atomic E-state index is 4.78. The summed E-state index contributed by atoms with van der Waals surface area (Å²) in [5.74, 6) is 0. The van der Waals surface area contributed by atoms with Gasteiger partial charge in [0.15, 0.2) is 0 Å². The van der Waals surface area contributed by atoms with Crippen LogP contribution in [0, 0.1) is 0 Å². The van der Waals surface area contributed by atoms with Gasteiger partial charge in [-0.05, 0) is 74.0 Å². The first-order chi connectivity index (χ1) is 16.8. The van der Waals surface area contributed by atoms with Gasteiger partial charge in [-0.25, -0.2) is 0 Å². The third-order valence-corrected chi connectivity index (χ3v) is 6.85. The molecule has 1 aliphatic rings. The zero-order chi connectivity index (χ0) is 22.5. The number of fused-ring (bicyclic) bond motifs is 3. The molecule has 0 spiro atoms. The minimum Gasteiger partial charge on any atom is -0.256 e. The Hall–Kier alpha value is -4.49. The van der Waals surface area contributed by atoms with Crippen LogP contribution in [0.4, 0.5) is 0 Å². The zero-order valence-electron chi connectivity index (χ0n) is 18.6. The molecule has 1 aliphatic carbocycles. The van der Waals surface area contributed by atoms with Gasteiger partial charge in [-0.15, -0.1) is 0 Å². The first-order valence-electron chi connectivity index (χ1n) is 11.6. The Balaban J connectivity index is 1.32. The molecule has 1 aromatic heterocycles. The molecule has 0 fully saturated rings. The highest BCUT2D eigenvalue weighted by Crippen LogP contribution is 2.48. The predicted molar refractivity (Wildman–Crippen MR) is 142 cm³/mol. The summed E-state index contributed by atoms with van der Waals surface area (Å²) in [7, 11) is 0. The Morgan fingerprint density at radius 3 is 1.91 bits per heavy atom. The monoisotopic (exact) mass is 431 g/mol. The average Bonchev–Trinajstić information content (AvgIpc) is 3.24. The molecule has 0 saturated carbocycles. The summed E-state index contributed by atoms with van der Waals surface area (Å²) in [5.41, 5.74) is 12.2. The molecular weight excluding hydrogens is 410 g/mol. The van der Waals surface area contributed by atoms with Gasteiger partial charge in [0.25, 0.3) is 0 Å². The summed E-state index contributed by atoms with van der Waals surface area (Å²) < 4.78 is 0. The number of aromatic nitrogens is 1. The lowest BCUT2D eigenvalue weighted by molar-refractivity contribution is 1.32. The quantitative estimate of drug-likeness (QED) is 0.272. The van der Waals surface area contributed by atoms with Crippen molar-refractivity contribution < 1.29 is 0 Å². The Morgan fingerprint density at radius 2 is 1.09 bits per heavy atom. The molecule has 6 aromatic rings. The van der Waals surface area contributed by atoms with Crippen molar-refractivity contribution in [2.24, 2.45) is 0 Å². The Labute approximate surface area is 199 Å².